The predicted molar refractivity (Wildman–Crippen MR) is 140 cm³/mol. The first-order valence-corrected chi connectivity index (χ1v) is 13.9. The molecule has 4 heteroatoms. The van der Waals surface area contributed by atoms with Crippen molar-refractivity contribution in [2.24, 2.45) is 11.3 Å². The summed E-state index contributed by atoms with van der Waals surface area (Å²) >= 11 is 0. The monoisotopic (exact) mass is 489 g/mol. The van der Waals surface area contributed by atoms with E-state index in [1.807, 2.05) is 11.9 Å². The lowest BCUT2D eigenvalue weighted by atomic mass is 9.58. The highest BCUT2D eigenvalue weighted by atomic mass is 19.3. The summed E-state index contributed by atoms with van der Waals surface area (Å²) in [5, 5.41) is 2.63. The highest BCUT2D eigenvalue weighted by Crippen LogP contribution is 2.69. The van der Waals surface area contributed by atoms with Gasteiger partial charge in [-0.05, 0) is 103 Å². The van der Waals surface area contributed by atoms with Crippen molar-refractivity contribution in [3.8, 4) is 0 Å². The van der Waals surface area contributed by atoms with E-state index in [4.69, 9.17) is 4.74 Å². The van der Waals surface area contributed by atoms with E-state index in [9.17, 15) is 8.78 Å². The molecule has 0 amide bonds. The molecule has 2 aromatic rings. The first-order valence-electron chi connectivity index (χ1n) is 13.9. The molecule has 2 heterocycles. The highest BCUT2D eigenvalue weighted by Gasteiger charge is 2.66. The fourth-order valence-electron chi connectivity index (χ4n) is 9.10. The third-order valence-electron chi connectivity index (χ3n) is 10.9. The van der Waals surface area contributed by atoms with E-state index in [1.165, 1.54) is 40.3 Å². The largest absolute Gasteiger partial charge is 0.359 e. The first-order chi connectivity index (χ1) is 17.3. The Labute approximate surface area is 213 Å². The van der Waals surface area contributed by atoms with Gasteiger partial charge in [0.25, 0.3) is 6.43 Å². The van der Waals surface area contributed by atoms with Crippen LogP contribution in [0.25, 0.3) is 10.8 Å². The summed E-state index contributed by atoms with van der Waals surface area (Å²) < 4.78 is 33.6. The molecular formula is C32H37F2NO. The van der Waals surface area contributed by atoms with E-state index in [0.29, 0.717) is 11.8 Å². The summed E-state index contributed by atoms with van der Waals surface area (Å²) in [6.45, 7) is 2.37. The fraction of sp³-hybridized carbons (Fsp3) is 0.562. The molecule has 190 valence electrons. The van der Waals surface area contributed by atoms with E-state index < -0.39 is 6.43 Å². The van der Waals surface area contributed by atoms with Crippen molar-refractivity contribution in [2.45, 2.75) is 87.9 Å². The number of ether oxygens (including phenoxy) is 1. The molecule has 7 rings (SSSR count). The number of halogens is 2. The van der Waals surface area contributed by atoms with E-state index in [-0.39, 0.29) is 29.2 Å². The lowest BCUT2D eigenvalue weighted by Gasteiger charge is -2.55. The summed E-state index contributed by atoms with van der Waals surface area (Å²) in [5.74, 6) is 1.03. The van der Waals surface area contributed by atoms with Crippen LogP contribution in [-0.4, -0.2) is 42.2 Å². The minimum Gasteiger partial charge on any atom is -0.359 e. The number of nitrogens with zero attached hydrogens (tertiary/aromatic N) is 1. The van der Waals surface area contributed by atoms with Gasteiger partial charge in [-0.15, -0.1) is 0 Å². The van der Waals surface area contributed by atoms with Gasteiger partial charge in [0.15, 0.2) is 0 Å². The lowest BCUT2D eigenvalue weighted by Crippen LogP contribution is -2.55. The van der Waals surface area contributed by atoms with Gasteiger partial charge in [0.05, 0.1) is 17.7 Å². The number of hydrogen-bond acceptors (Lipinski definition) is 2. The standard InChI is InChI=1S/C32H37F2NO/c1-30-14-13-25-18-24-9-10-26(35(2)20-29(33)34)19-31(24)15-16-32(25,36-31)28(30)12-11-27(30)23-8-7-21-5-3-4-6-22(21)17-23/h3-8,13,17-18,26-29H,9-12,14-16,19-20H2,1-2H3/t26-,27?,28+,30+,31+,32?/m0/s1. The number of benzene rings is 2. The maximum atomic E-state index is 13.1. The molecule has 3 fully saturated rings. The smallest absolute Gasteiger partial charge is 0.251 e. The van der Waals surface area contributed by atoms with E-state index in [0.717, 1.165) is 38.5 Å². The van der Waals surface area contributed by atoms with Crippen molar-refractivity contribution in [1.29, 1.82) is 0 Å². The molecule has 6 atom stereocenters. The third kappa shape index (κ3) is 3.19. The Hall–Kier alpha value is -2.04. The molecule has 5 aliphatic rings. The normalized spacial score (nSPS) is 39.1. The average Bonchev–Trinajstić information content (AvgIpc) is 3.38. The summed E-state index contributed by atoms with van der Waals surface area (Å²) in [6.07, 6.45) is 11.1. The van der Waals surface area contributed by atoms with Crippen LogP contribution in [0.4, 0.5) is 8.78 Å². The molecule has 0 aromatic heterocycles. The first kappa shape index (κ1) is 23.1. The van der Waals surface area contributed by atoms with Crippen LogP contribution in [0.3, 0.4) is 0 Å². The predicted octanol–water partition coefficient (Wildman–Crippen LogP) is 7.65. The molecule has 3 aliphatic carbocycles. The van der Waals surface area contributed by atoms with Crippen LogP contribution >= 0.6 is 0 Å². The zero-order chi connectivity index (χ0) is 24.7. The van der Waals surface area contributed by atoms with Gasteiger partial charge in [0, 0.05) is 6.04 Å². The average molecular weight is 490 g/mol. The summed E-state index contributed by atoms with van der Waals surface area (Å²) in [6, 6.07) is 15.9. The minimum absolute atomic E-state index is 0.149. The van der Waals surface area contributed by atoms with Crippen molar-refractivity contribution in [1.82, 2.24) is 4.90 Å². The molecule has 0 N–H and O–H groups in total. The molecule has 1 saturated heterocycles. The Kier molecular flexibility index (Phi) is 5.12. The molecule has 0 radical (unpaired) electrons. The van der Waals surface area contributed by atoms with E-state index in [2.05, 4.69) is 61.5 Å². The van der Waals surface area contributed by atoms with Gasteiger partial charge >= 0.3 is 0 Å². The van der Waals surface area contributed by atoms with Crippen LogP contribution in [0.15, 0.2) is 65.8 Å². The molecule has 2 bridgehead atoms. The Bertz CT molecular complexity index is 1270. The molecule has 2 unspecified atom stereocenters. The third-order valence-corrected chi connectivity index (χ3v) is 10.9. The van der Waals surface area contributed by atoms with Crippen LogP contribution in [0, 0.1) is 11.3 Å². The minimum atomic E-state index is -2.29. The molecule has 2 saturated carbocycles. The fourth-order valence-corrected chi connectivity index (χ4v) is 9.10. The van der Waals surface area contributed by atoms with Crippen molar-refractivity contribution < 1.29 is 13.5 Å². The molecule has 36 heavy (non-hydrogen) atoms. The Morgan fingerprint density at radius 2 is 1.89 bits per heavy atom. The van der Waals surface area contributed by atoms with Crippen LogP contribution in [0.1, 0.15) is 69.8 Å². The van der Waals surface area contributed by atoms with Crippen LogP contribution < -0.4 is 0 Å². The van der Waals surface area contributed by atoms with Gasteiger partial charge in [-0.25, -0.2) is 8.78 Å². The molecule has 2 nitrogen and oxygen atoms in total. The highest BCUT2D eigenvalue weighted by molar-refractivity contribution is 5.83. The molecule has 2 aliphatic heterocycles. The number of rotatable bonds is 4. The lowest BCUT2D eigenvalue weighted by molar-refractivity contribution is -0.141. The SMILES string of the molecule is CN(CC(F)F)[C@H]1CCC2=CC3=CC[C@]4(C)C(c5ccc6ccccc6c5)CC[C@H]4C34CC[C@]2(C1)O4. The van der Waals surface area contributed by atoms with Crippen LogP contribution in [0.5, 0.6) is 0 Å². The maximum Gasteiger partial charge on any atom is 0.251 e. The molecule has 2 aromatic carbocycles. The van der Waals surface area contributed by atoms with Gasteiger partial charge in [0.2, 0.25) is 0 Å². The topological polar surface area (TPSA) is 12.5 Å². The molecular weight excluding hydrogens is 452 g/mol. The second kappa shape index (κ2) is 7.98. The summed E-state index contributed by atoms with van der Waals surface area (Å²) in [5.41, 5.74) is 4.03. The van der Waals surface area contributed by atoms with Crippen molar-refractivity contribution in [2.75, 3.05) is 13.6 Å². The zero-order valence-corrected chi connectivity index (χ0v) is 21.5. The number of hydrogen-bond donors (Lipinski definition) is 0. The Morgan fingerprint density at radius 1 is 1.06 bits per heavy atom. The van der Waals surface area contributed by atoms with Crippen molar-refractivity contribution >= 4 is 10.8 Å². The van der Waals surface area contributed by atoms with Crippen LogP contribution in [-0.2, 0) is 4.74 Å². The second-order valence-corrected chi connectivity index (χ2v) is 12.5. The van der Waals surface area contributed by atoms with Gasteiger partial charge in [0.1, 0.15) is 0 Å². The van der Waals surface area contributed by atoms with Crippen molar-refractivity contribution in [3.63, 3.8) is 0 Å². The maximum absolute atomic E-state index is 13.1. The summed E-state index contributed by atoms with van der Waals surface area (Å²) in [7, 11) is 1.86. The zero-order valence-electron chi connectivity index (χ0n) is 21.5. The number of allylic oxidation sites excluding steroid dienone is 1. The van der Waals surface area contributed by atoms with Crippen molar-refractivity contribution in [3.05, 3.63) is 71.3 Å². The second-order valence-electron chi connectivity index (χ2n) is 12.5. The summed E-state index contributed by atoms with van der Waals surface area (Å²) in [4.78, 5) is 1.88. The molecule has 2 spiro atoms. The number of alkyl halides is 2. The van der Waals surface area contributed by atoms with Gasteiger partial charge in [-0.3, -0.25) is 4.90 Å². The van der Waals surface area contributed by atoms with Gasteiger partial charge in [-0.2, -0.15) is 0 Å². The van der Waals surface area contributed by atoms with Gasteiger partial charge in [-0.1, -0.05) is 61.5 Å². The van der Waals surface area contributed by atoms with E-state index >= 15 is 0 Å². The number of fused-ring (bicyclic) bond motifs is 2. The quantitative estimate of drug-likeness (QED) is 0.437. The Balaban J connectivity index is 1.22. The Morgan fingerprint density at radius 3 is 2.72 bits per heavy atom. The van der Waals surface area contributed by atoms with Crippen LogP contribution in [0.2, 0.25) is 0 Å². The van der Waals surface area contributed by atoms with E-state index in [1.54, 1.807) is 0 Å². The van der Waals surface area contributed by atoms with Gasteiger partial charge < -0.3 is 4.74 Å².